The van der Waals surface area contributed by atoms with Gasteiger partial charge in [0.1, 0.15) is 6.61 Å². The van der Waals surface area contributed by atoms with Crippen molar-refractivity contribution in [1.29, 1.82) is 0 Å². The van der Waals surface area contributed by atoms with Crippen molar-refractivity contribution >= 4 is 11.3 Å². The summed E-state index contributed by atoms with van der Waals surface area (Å²) in [7, 11) is 0. The van der Waals surface area contributed by atoms with E-state index in [2.05, 4.69) is 4.90 Å². The number of hydrogen-bond donors (Lipinski definition) is 1. The van der Waals surface area contributed by atoms with E-state index in [1.165, 1.54) is 32.4 Å². The smallest absolute Gasteiger partial charge is 0.180 e. The third kappa shape index (κ3) is 3.61. The Balaban J connectivity index is 1.50. The molecule has 3 aromatic rings. The fourth-order valence-corrected chi connectivity index (χ4v) is 3.36. The average Bonchev–Trinajstić information content (AvgIpc) is 3.08. The lowest BCUT2D eigenvalue weighted by Crippen LogP contribution is -2.33. The van der Waals surface area contributed by atoms with Gasteiger partial charge in [-0.3, -0.25) is 4.90 Å². The lowest BCUT2D eigenvalue weighted by Gasteiger charge is -2.26. The number of nitrogen functional groups attached to an aromatic ring is 1. The summed E-state index contributed by atoms with van der Waals surface area (Å²) in [5.74, 6) is 0.834. The van der Waals surface area contributed by atoms with E-state index in [1.807, 2.05) is 53.2 Å². The molecule has 0 radical (unpaired) electrons. The van der Waals surface area contributed by atoms with Crippen LogP contribution in [0.15, 0.2) is 48.8 Å². The number of anilines is 1. The van der Waals surface area contributed by atoms with Gasteiger partial charge in [0, 0.05) is 30.2 Å². The van der Waals surface area contributed by atoms with E-state index >= 15 is 0 Å². The van der Waals surface area contributed by atoms with Gasteiger partial charge in [-0.1, -0.05) is 18.6 Å². The van der Waals surface area contributed by atoms with Gasteiger partial charge in [0.25, 0.3) is 0 Å². The predicted octanol–water partition coefficient (Wildman–Crippen LogP) is 3.45. The number of rotatable bonds is 5. The largest absolute Gasteiger partial charge is 0.488 e. The number of piperidine rings is 1. The highest BCUT2D eigenvalue weighted by Gasteiger charge is 2.12. The fourth-order valence-electron chi connectivity index (χ4n) is 3.36. The maximum absolute atomic E-state index is 6.05. The number of benzene rings is 1. The first-order valence-corrected chi connectivity index (χ1v) is 8.98. The SMILES string of the molecule is Nc1ccc(-c2cn3cccc(OCCN4CCCCC4)c3n2)cc1. The van der Waals surface area contributed by atoms with Crippen LogP contribution in [-0.2, 0) is 0 Å². The molecule has 0 bridgehead atoms. The van der Waals surface area contributed by atoms with Crippen LogP contribution in [-0.4, -0.2) is 40.5 Å². The summed E-state index contributed by atoms with van der Waals surface area (Å²) >= 11 is 0. The van der Waals surface area contributed by atoms with Crippen LogP contribution in [0.3, 0.4) is 0 Å². The molecule has 1 aliphatic rings. The number of hydrogen-bond acceptors (Lipinski definition) is 4. The monoisotopic (exact) mass is 336 g/mol. The Morgan fingerprint density at radius 2 is 1.84 bits per heavy atom. The Morgan fingerprint density at radius 1 is 1.04 bits per heavy atom. The summed E-state index contributed by atoms with van der Waals surface area (Å²) in [5, 5.41) is 0. The minimum atomic E-state index is 0.698. The lowest BCUT2D eigenvalue weighted by atomic mass is 10.1. The van der Waals surface area contributed by atoms with Gasteiger partial charge in [-0.15, -0.1) is 0 Å². The minimum Gasteiger partial charge on any atom is -0.488 e. The Hall–Kier alpha value is -2.53. The summed E-state index contributed by atoms with van der Waals surface area (Å²) in [6.45, 7) is 4.06. The molecule has 0 saturated carbocycles. The quantitative estimate of drug-likeness (QED) is 0.725. The van der Waals surface area contributed by atoms with Crippen molar-refractivity contribution in [2.75, 3.05) is 32.0 Å². The van der Waals surface area contributed by atoms with Gasteiger partial charge in [0.05, 0.1) is 5.69 Å². The first kappa shape index (κ1) is 16.0. The molecule has 25 heavy (non-hydrogen) atoms. The topological polar surface area (TPSA) is 55.8 Å². The number of imidazole rings is 1. The summed E-state index contributed by atoms with van der Waals surface area (Å²) in [6, 6.07) is 11.8. The predicted molar refractivity (Wildman–Crippen MR) is 101 cm³/mol. The van der Waals surface area contributed by atoms with E-state index in [9.17, 15) is 0 Å². The standard InChI is InChI=1S/C20H24N4O/c21-17-8-6-16(7-9-17)18-15-24-12-4-5-19(20(24)22-18)25-14-13-23-10-2-1-3-11-23/h4-9,12,15H,1-3,10-11,13-14,21H2. The van der Waals surface area contributed by atoms with E-state index in [-0.39, 0.29) is 0 Å². The van der Waals surface area contributed by atoms with Gasteiger partial charge in [-0.25, -0.2) is 4.98 Å². The van der Waals surface area contributed by atoms with Crippen LogP contribution in [0, 0.1) is 0 Å². The van der Waals surface area contributed by atoms with Crippen molar-refractivity contribution in [3.8, 4) is 17.0 Å². The second kappa shape index (κ2) is 7.15. The molecule has 2 N–H and O–H groups in total. The molecule has 0 spiro atoms. The number of likely N-dealkylation sites (tertiary alicyclic amines) is 1. The van der Waals surface area contributed by atoms with Crippen LogP contribution >= 0.6 is 0 Å². The first-order chi connectivity index (χ1) is 12.3. The highest BCUT2D eigenvalue weighted by Crippen LogP contribution is 2.25. The molecule has 0 amide bonds. The van der Waals surface area contributed by atoms with Crippen molar-refractivity contribution in [2.24, 2.45) is 0 Å². The van der Waals surface area contributed by atoms with Crippen molar-refractivity contribution in [1.82, 2.24) is 14.3 Å². The van der Waals surface area contributed by atoms with Crippen molar-refractivity contribution in [3.63, 3.8) is 0 Å². The second-order valence-electron chi connectivity index (χ2n) is 6.60. The van der Waals surface area contributed by atoms with E-state index in [4.69, 9.17) is 15.5 Å². The van der Waals surface area contributed by atoms with Crippen molar-refractivity contribution in [3.05, 3.63) is 48.8 Å². The third-order valence-electron chi connectivity index (χ3n) is 4.77. The zero-order valence-electron chi connectivity index (χ0n) is 14.4. The molecule has 0 unspecified atom stereocenters. The summed E-state index contributed by atoms with van der Waals surface area (Å²) in [5.41, 5.74) is 9.36. The molecule has 5 nitrogen and oxygen atoms in total. The molecule has 4 rings (SSSR count). The van der Waals surface area contributed by atoms with Gasteiger partial charge >= 0.3 is 0 Å². The average molecular weight is 336 g/mol. The van der Waals surface area contributed by atoms with E-state index in [0.29, 0.717) is 6.61 Å². The number of fused-ring (bicyclic) bond motifs is 1. The zero-order chi connectivity index (χ0) is 17.1. The molecule has 0 atom stereocenters. The van der Waals surface area contributed by atoms with Gasteiger partial charge in [-0.2, -0.15) is 0 Å². The summed E-state index contributed by atoms with van der Waals surface area (Å²) < 4.78 is 8.06. The van der Waals surface area contributed by atoms with Gasteiger partial charge in [0.2, 0.25) is 0 Å². The normalized spacial score (nSPS) is 15.5. The van der Waals surface area contributed by atoms with Crippen LogP contribution in [0.25, 0.3) is 16.9 Å². The Bertz CT molecular complexity index is 835. The number of ether oxygens (including phenoxy) is 1. The van der Waals surface area contributed by atoms with Crippen molar-refractivity contribution in [2.45, 2.75) is 19.3 Å². The molecule has 1 saturated heterocycles. The molecule has 2 aromatic heterocycles. The Labute approximate surface area is 148 Å². The Kier molecular flexibility index (Phi) is 4.57. The van der Waals surface area contributed by atoms with E-state index in [0.717, 1.165) is 34.9 Å². The molecule has 0 aliphatic carbocycles. The number of nitrogens with zero attached hydrogens (tertiary/aromatic N) is 3. The maximum Gasteiger partial charge on any atom is 0.180 e. The van der Waals surface area contributed by atoms with Crippen molar-refractivity contribution < 1.29 is 4.74 Å². The summed E-state index contributed by atoms with van der Waals surface area (Å²) in [6.07, 6.45) is 8.00. The molecule has 1 aliphatic heterocycles. The molecule has 1 aromatic carbocycles. The number of nitrogens with two attached hydrogens (primary N) is 1. The highest BCUT2D eigenvalue weighted by molar-refractivity contribution is 5.67. The molecular weight excluding hydrogens is 312 g/mol. The van der Waals surface area contributed by atoms with Crippen LogP contribution in [0.5, 0.6) is 5.75 Å². The van der Waals surface area contributed by atoms with Gasteiger partial charge < -0.3 is 14.9 Å². The van der Waals surface area contributed by atoms with Gasteiger partial charge in [-0.05, 0) is 50.2 Å². The fraction of sp³-hybridized carbons (Fsp3) is 0.350. The zero-order valence-corrected chi connectivity index (χ0v) is 14.4. The second-order valence-corrected chi connectivity index (χ2v) is 6.60. The van der Waals surface area contributed by atoms with Crippen LogP contribution in [0.4, 0.5) is 5.69 Å². The highest BCUT2D eigenvalue weighted by atomic mass is 16.5. The maximum atomic E-state index is 6.05. The lowest BCUT2D eigenvalue weighted by molar-refractivity contribution is 0.184. The molecule has 1 fully saturated rings. The van der Waals surface area contributed by atoms with E-state index in [1.54, 1.807) is 0 Å². The first-order valence-electron chi connectivity index (χ1n) is 8.98. The Morgan fingerprint density at radius 3 is 2.64 bits per heavy atom. The van der Waals surface area contributed by atoms with Crippen LogP contribution in [0.2, 0.25) is 0 Å². The van der Waals surface area contributed by atoms with E-state index < -0.39 is 0 Å². The molecular formula is C20H24N4O. The van der Waals surface area contributed by atoms with Crippen LogP contribution in [0.1, 0.15) is 19.3 Å². The summed E-state index contributed by atoms with van der Waals surface area (Å²) in [4.78, 5) is 7.24. The molecule has 130 valence electrons. The number of aromatic nitrogens is 2. The third-order valence-corrected chi connectivity index (χ3v) is 4.77. The van der Waals surface area contributed by atoms with Gasteiger partial charge in [0.15, 0.2) is 11.4 Å². The molecule has 3 heterocycles. The minimum absolute atomic E-state index is 0.698. The van der Waals surface area contributed by atoms with Crippen LogP contribution < -0.4 is 10.5 Å². The number of pyridine rings is 1. The molecule has 5 heteroatoms.